The lowest BCUT2D eigenvalue weighted by atomic mass is 10.1. The van der Waals surface area contributed by atoms with Gasteiger partial charge in [-0.05, 0) is 16.8 Å². The summed E-state index contributed by atoms with van der Waals surface area (Å²) in [5, 5.41) is 1.44. The molecule has 0 fully saturated rings. The summed E-state index contributed by atoms with van der Waals surface area (Å²) in [5.41, 5.74) is 0. The molecule has 0 radical (unpaired) electrons. The fourth-order valence-electron chi connectivity index (χ4n) is 1.43. The second-order valence-corrected chi connectivity index (χ2v) is 4.41. The van der Waals surface area contributed by atoms with Crippen LogP contribution in [-0.2, 0) is 0 Å². The van der Waals surface area contributed by atoms with Crippen molar-refractivity contribution in [3.05, 3.63) is 42.5 Å². The van der Waals surface area contributed by atoms with Gasteiger partial charge in [0.25, 0.3) is 0 Å². The molecule has 102 valence electrons. The van der Waals surface area contributed by atoms with Crippen LogP contribution in [0.4, 0.5) is 0 Å². The van der Waals surface area contributed by atoms with Crippen LogP contribution in [0.3, 0.4) is 0 Å². The van der Waals surface area contributed by atoms with E-state index in [1.807, 2.05) is 45.9 Å². The molecule has 2 aromatic carbocycles. The second kappa shape index (κ2) is 8.11. The summed E-state index contributed by atoms with van der Waals surface area (Å²) in [7, 11) is -3.88. The van der Waals surface area contributed by atoms with Gasteiger partial charge in [0, 0.05) is 4.90 Å². The number of hydrogen-bond acceptors (Lipinski definition) is 3. The van der Waals surface area contributed by atoms with Crippen molar-refractivity contribution in [3.63, 3.8) is 0 Å². The summed E-state index contributed by atoms with van der Waals surface area (Å²) >= 11 is 0. The monoisotopic (exact) mass is 269 g/mol. The SMILES string of the molecule is CC.CC.[O-]S(O)(O)c1cccc2ccccc12. The maximum atomic E-state index is 11.1. The highest BCUT2D eigenvalue weighted by molar-refractivity contribution is 8.19. The van der Waals surface area contributed by atoms with E-state index in [4.69, 9.17) is 9.11 Å². The van der Waals surface area contributed by atoms with Crippen LogP contribution in [0.1, 0.15) is 27.7 Å². The summed E-state index contributed by atoms with van der Waals surface area (Å²) in [5.74, 6) is 0. The average molecular weight is 269 g/mol. The van der Waals surface area contributed by atoms with Crippen LogP contribution in [0.15, 0.2) is 47.4 Å². The molecule has 2 N–H and O–H groups in total. The summed E-state index contributed by atoms with van der Waals surface area (Å²) in [6.45, 7) is 8.00. The third kappa shape index (κ3) is 4.31. The van der Waals surface area contributed by atoms with E-state index in [2.05, 4.69) is 0 Å². The lowest BCUT2D eigenvalue weighted by Crippen LogP contribution is -1.96. The van der Waals surface area contributed by atoms with Crippen LogP contribution in [0, 0.1) is 0 Å². The first-order valence-corrected chi connectivity index (χ1v) is 7.53. The van der Waals surface area contributed by atoms with Gasteiger partial charge in [-0.3, -0.25) is 0 Å². The fourth-order valence-corrected chi connectivity index (χ4v) is 2.16. The Morgan fingerprint density at radius 2 is 1.33 bits per heavy atom. The predicted molar refractivity (Wildman–Crippen MR) is 78.5 cm³/mol. The Morgan fingerprint density at radius 1 is 0.833 bits per heavy atom. The topological polar surface area (TPSA) is 63.5 Å². The molecule has 0 spiro atoms. The molecule has 2 aromatic rings. The minimum Gasteiger partial charge on any atom is -0.769 e. The number of hydrogen-bond donors (Lipinski definition) is 2. The van der Waals surface area contributed by atoms with Gasteiger partial charge in [0.2, 0.25) is 0 Å². The Hall–Kier alpha value is -1.07. The van der Waals surface area contributed by atoms with Gasteiger partial charge < -0.3 is 13.7 Å². The first kappa shape index (κ1) is 16.9. The zero-order valence-corrected chi connectivity index (χ0v) is 12.1. The summed E-state index contributed by atoms with van der Waals surface area (Å²) in [4.78, 5) is 0.0654. The van der Waals surface area contributed by atoms with Gasteiger partial charge in [0.15, 0.2) is 0 Å². The van der Waals surface area contributed by atoms with Crippen molar-refractivity contribution < 1.29 is 13.7 Å². The Kier molecular flexibility index (Phi) is 7.62. The predicted octanol–water partition coefficient (Wildman–Crippen LogP) is 5.13. The molecular formula is C14H21O3S-. The van der Waals surface area contributed by atoms with Gasteiger partial charge in [-0.15, -0.1) is 0 Å². The van der Waals surface area contributed by atoms with Crippen molar-refractivity contribution in [1.82, 2.24) is 0 Å². The molecule has 0 amide bonds. The van der Waals surface area contributed by atoms with E-state index >= 15 is 0 Å². The van der Waals surface area contributed by atoms with Crippen LogP contribution in [0.2, 0.25) is 0 Å². The molecular weight excluding hydrogens is 248 g/mol. The highest BCUT2D eigenvalue weighted by atomic mass is 32.3. The summed E-state index contributed by atoms with van der Waals surface area (Å²) < 4.78 is 29.3. The van der Waals surface area contributed by atoms with Gasteiger partial charge >= 0.3 is 0 Å². The quantitative estimate of drug-likeness (QED) is 0.754. The molecule has 18 heavy (non-hydrogen) atoms. The van der Waals surface area contributed by atoms with E-state index < -0.39 is 10.9 Å². The van der Waals surface area contributed by atoms with E-state index in [-0.39, 0.29) is 4.90 Å². The normalized spacial score (nSPS) is 10.8. The van der Waals surface area contributed by atoms with E-state index in [1.54, 1.807) is 18.2 Å². The smallest absolute Gasteiger partial charge is 0.0313 e. The minimum atomic E-state index is -3.88. The van der Waals surface area contributed by atoms with Crippen LogP contribution in [-0.4, -0.2) is 13.7 Å². The highest BCUT2D eigenvalue weighted by Gasteiger charge is 2.08. The largest absolute Gasteiger partial charge is 0.769 e. The minimum absolute atomic E-state index is 0.0654. The number of fused-ring (bicyclic) bond motifs is 1. The van der Waals surface area contributed by atoms with Crippen LogP contribution >= 0.6 is 10.9 Å². The molecule has 0 atom stereocenters. The third-order valence-corrected chi connectivity index (χ3v) is 2.97. The molecule has 0 saturated heterocycles. The van der Waals surface area contributed by atoms with Gasteiger partial charge in [-0.1, -0.05) is 75.0 Å². The molecule has 0 unspecified atom stereocenters. The lowest BCUT2D eigenvalue weighted by Gasteiger charge is -2.34. The van der Waals surface area contributed by atoms with Gasteiger partial charge in [-0.25, -0.2) is 0 Å². The van der Waals surface area contributed by atoms with Crippen molar-refractivity contribution in [2.45, 2.75) is 32.6 Å². The molecule has 0 aliphatic rings. The average Bonchev–Trinajstić information content (AvgIpc) is 2.41. The van der Waals surface area contributed by atoms with Crippen molar-refractivity contribution in [2.24, 2.45) is 0 Å². The molecule has 0 saturated carbocycles. The first-order chi connectivity index (χ1) is 8.59. The third-order valence-electron chi connectivity index (χ3n) is 2.04. The zero-order valence-electron chi connectivity index (χ0n) is 11.3. The molecule has 0 aromatic heterocycles. The Labute approximate surface area is 111 Å². The number of benzene rings is 2. The second-order valence-electron chi connectivity index (χ2n) is 2.97. The molecule has 0 bridgehead atoms. The standard InChI is InChI=1S/C10H10O3S.2C2H6/c11-14(12,13)10-7-3-5-8-4-1-2-6-9(8)10;2*1-2/h1-7,11-13H;2*1-2H3/p-1. The van der Waals surface area contributed by atoms with Crippen LogP contribution in [0.5, 0.6) is 0 Å². The highest BCUT2D eigenvalue weighted by Crippen LogP contribution is 2.46. The Balaban J connectivity index is 0.000000659. The van der Waals surface area contributed by atoms with E-state index in [9.17, 15) is 4.55 Å². The van der Waals surface area contributed by atoms with E-state index in [0.717, 1.165) is 5.39 Å². The molecule has 0 aliphatic carbocycles. The van der Waals surface area contributed by atoms with Gasteiger partial charge in [0.1, 0.15) is 0 Å². The van der Waals surface area contributed by atoms with Crippen molar-refractivity contribution in [1.29, 1.82) is 0 Å². The van der Waals surface area contributed by atoms with Crippen molar-refractivity contribution >= 4 is 21.6 Å². The first-order valence-electron chi connectivity index (χ1n) is 6.06. The van der Waals surface area contributed by atoms with E-state index in [1.165, 1.54) is 6.07 Å². The maximum absolute atomic E-state index is 11.1. The number of rotatable bonds is 1. The lowest BCUT2D eigenvalue weighted by molar-refractivity contribution is 0.362. The van der Waals surface area contributed by atoms with Crippen molar-refractivity contribution in [2.75, 3.05) is 0 Å². The van der Waals surface area contributed by atoms with Gasteiger partial charge in [-0.2, -0.15) is 0 Å². The molecule has 0 aliphatic heterocycles. The summed E-state index contributed by atoms with van der Waals surface area (Å²) in [6, 6.07) is 12.0. The molecule has 4 heteroatoms. The summed E-state index contributed by atoms with van der Waals surface area (Å²) in [6.07, 6.45) is 0. The van der Waals surface area contributed by atoms with Gasteiger partial charge in [0.05, 0.1) is 0 Å². The Morgan fingerprint density at radius 3 is 1.89 bits per heavy atom. The van der Waals surface area contributed by atoms with Crippen LogP contribution < -0.4 is 0 Å². The maximum Gasteiger partial charge on any atom is 0.0313 e. The van der Waals surface area contributed by atoms with Crippen molar-refractivity contribution in [3.8, 4) is 0 Å². The zero-order chi connectivity index (χ0) is 14.2. The van der Waals surface area contributed by atoms with E-state index in [0.29, 0.717) is 5.39 Å². The Bertz CT molecular complexity index is 459. The molecule has 3 nitrogen and oxygen atoms in total. The van der Waals surface area contributed by atoms with Crippen LogP contribution in [0.25, 0.3) is 10.8 Å². The molecule has 2 rings (SSSR count). The molecule has 0 heterocycles. The fraction of sp³-hybridized carbons (Fsp3) is 0.286.